The second-order valence-electron chi connectivity index (χ2n) is 5.56. The summed E-state index contributed by atoms with van der Waals surface area (Å²) in [6.45, 7) is 5.44. The second kappa shape index (κ2) is 4.53. The molecule has 2 rings (SSSR count). The summed E-state index contributed by atoms with van der Waals surface area (Å²) in [6, 6.07) is 5.22. The van der Waals surface area contributed by atoms with E-state index in [4.69, 9.17) is 16.7 Å². The van der Waals surface area contributed by atoms with Crippen LogP contribution in [0, 0.1) is 24.2 Å². The lowest BCUT2D eigenvalue weighted by molar-refractivity contribution is -0.140. The molecule has 19 heavy (non-hydrogen) atoms. The zero-order valence-electron chi connectivity index (χ0n) is 11.0. The number of nitrogens with one attached hydrogen (secondary N) is 1. The maximum Gasteiger partial charge on any atom is 0.307 e. The maximum absolute atomic E-state index is 12.2. The molecule has 102 valence electrons. The highest BCUT2D eigenvalue weighted by molar-refractivity contribution is 6.31. The molecule has 0 bridgehead atoms. The molecule has 0 saturated heterocycles. The number of aliphatic carboxylic acids is 1. The van der Waals surface area contributed by atoms with Crippen LogP contribution in [0.4, 0.5) is 5.69 Å². The van der Waals surface area contributed by atoms with Gasteiger partial charge in [0.1, 0.15) is 0 Å². The molecular formula is C14H16ClNO3. The van der Waals surface area contributed by atoms with Crippen LogP contribution >= 0.6 is 11.6 Å². The normalized spacial score (nSPS) is 23.8. The molecule has 0 aromatic heterocycles. The number of halogens is 1. The largest absolute Gasteiger partial charge is 0.481 e. The molecule has 1 saturated carbocycles. The summed E-state index contributed by atoms with van der Waals surface area (Å²) in [6.07, 6.45) is 0. The Morgan fingerprint density at radius 3 is 2.47 bits per heavy atom. The van der Waals surface area contributed by atoms with Crippen LogP contribution in [0.25, 0.3) is 0 Å². The van der Waals surface area contributed by atoms with Gasteiger partial charge in [-0.25, -0.2) is 0 Å². The second-order valence-corrected chi connectivity index (χ2v) is 6.00. The van der Waals surface area contributed by atoms with E-state index >= 15 is 0 Å². The fourth-order valence-corrected chi connectivity index (χ4v) is 2.70. The lowest BCUT2D eigenvalue weighted by Gasteiger charge is -2.09. The van der Waals surface area contributed by atoms with Crippen LogP contribution in [0.1, 0.15) is 19.4 Å². The Morgan fingerprint density at radius 1 is 1.32 bits per heavy atom. The van der Waals surface area contributed by atoms with Crippen molar-refractivity contribution < 1.29 is 14.7 Å². The van der Waals surface area contributed by atoms with Crippen molar-refractivity contribution in [1.82, 2.24) is 0 Å². The number of rotatable bonds is 3. The number of hydrogen-bond donors (Lipinski definition) is 2. The zero-order chi connectivity index (χ0) is 14.4. The molecule has 2 atom stereocenters. The van der Waals surface area contributed by atoms with Crippen molar-refractivity contribution in [1.29, 1.82) is 0 Å². The molecule has 2 unspecified atom stereocenters. The van der Waals surface area contributed by atoms with E-state index in [9.17, 15) is 9.59 Å². The minimum absolute atomic E-state index is 0.261. The summed E-state index contributed by atoms with van der Waals surface area (Å²) in [5, 5.41) is 12.4. The molecule has 1 fully saturated rings. The number of carboxylic acid groups (broad SMARTS) is 1. The molecule has 0 heterocycles. The lowest BCUT2D eigenvalue weighted by atomic mass is 10.1. The first-order chi connectivity index (χ1) is 8.75. The Hall–Kier alpha value is -1.55. The summed E-state index contributed by atoms with van der Waals surface area (Å²) in [5.74, 6) is -2.30. The van der Waals surface area contributed by atoms with Gasteiger partial charge in [-0.2, -0.15) is 0 Å². The van der Waals surface area contributed by atoms with Crippen LogP contribution in [-0.4, -0.2) is 17.0 Å². The van der Waals surface area contributed by atoms with E-state index in [1.807, 2.05) is 13.0 Å². The quantitative estimate of drug-likeness (QED) is 0.895. The monoisotopic (exact) mass is 281 g/mol. The van der Waals surface area contributed by atoms with Crippen LogP contribution in [0.15, 0.2) is 18.2 Å². The number of amides is 1. The van der Waals surface area contributed by atoms with Gasteiger partial charge in [0.05, 0.1) is 11.8 Å². The number of hydrogen-bond acceptors (Lipinski definition) is 2. The highest BCUT2D eigenvalue weighted by Crippen LogP contribution is 2.58. The van der Waals surface area contributed by atoms with Gasteiger partial charge in [0.25, 0.3) is 0 Å². The Bertz CT molecular complexity index is 554. The van der Waals surface area contributed by atoms with Gasteiger partial charge in [-0.05, 0) is 30.0 Å². The fraction of sp³-hybridized carbons (Fsp3) is 0.429. The average molecular weight is 282 g/mol. The third-order valence-corrected chi connectivity index (χ3v) is 4.07. The van der Waals surface area contributed by atoms with Gasteiger partial charge in [-0.15, -0.1) is 0 Å². The minimum Gasteiger partial charge on any atom is -0.481 e. The number of anilines is 1. The van der Waals surface area contributed by atoms with Crippen LogP contribution in [-0.2, 0) is 9.59 Å². The van der Waals surface area contributed by atoms with Crippen molar-refractivity contribution in [2.75, 3.05) is 5.32 Å². The number of carboxylic acids is 1. The summed E-state index contributed by atoms with van der Waals surface area (Å²) >= 11 is 5.89. The summed E-state index contributed by atoms with van der Waals surface area (Å²) in [7, 11) is 0. The van der Waals surface area contributed by atoms with Gasteiger partial charge in [-0.3, -0.25) is 9.59 Å². The van der Waals surface area contributed by atoms with Crippen molar-refractivity contribution in [3.8, 4) is 0 Å². The van der Waals surface area contributed by atoms with Gasteiger partial charge in [0.2, 0.25) is 5.91 Å². The van der Waals surface area contributed by atoms with Gasteiger partial charge in [0, 0.05) is 10.7 Å². The van der Waals surface area contributed by atoms with Gasteiger partial charge >= 0.3 is 5.97 Å². The Morgan fingerprint density at radius 2 is 1.95 bits per heavy atom. The number of benzene rings is 1. The Kier molecular flexibility index (Phi) is 3.31. The van der Waals surface area contributed by atoms with Crippen molar-refractivity contribution in [2.45, 2.75) is 20.8 Å². The smallest absolute Gasteiger partial charge is 0.307 e. The number of carbonyl (C=O) groups is 2. The minimum atomic E-state index is -0.923. The van der Waals surface area contributed by atoms with E-state index in [-0.39, 0.29) is 5.91 Å². The predicted molar refractivity (Wildman–Crippen MR) is 73.2 cm³/mol. The standard InChI is InChI=1S/C14H16ClNO3/c1-7-4-5-8(15)6-9(7)16-12(17)10-11(13(18)19)14(10,2)3/h4-6,10-11H,1-3H3,(H,16,17)(H,18,19). The van der Waals surface area contributed by atoms with E-state index in [0.717, 1.165) is 5.56 Å². The summed E-state index contributed by atoms with van der Waals surface area (Å²) in [5.41, 5.74) is 1.02. The van der Waals surface area contributed by atoms with Crippen LogP contribution in [0.5, 0.6) is 0 Å². The lowest BCUT2D eigenvalue weighted by Crippen LogP contribution is -2.18. The van der Waals surface area contributed by atoms with E-state index < -0.39 is 23.2 Å². The fourth-order valence-electron chi connectivity index (χ4n) is 2.53. The molecule has 1 aliphatic carbocycles. The van der Waals surface area contributed by atoms with Crippen LogP contribution in [0.3, 0.4) is 0 Å². The first-order valence-corrected chi connectivity index (χ1v) is 6.42. The topological polar surface area (TPSA) is 66.4 Å². The molecule has 5 heteroatoms. The molecule has 2 N–H and O–H groups in total. The van der Waals surface area contributed by atoms with Crippen molar-refractivity contribution >= 4 is 29.2 Å². The third-order valence-electron chi connectivity index (χ3n) is 3.83. The maximum atomic E-state index is 12.2. The molecule has 4 nitrogen and oxygen atoms in total. The van der Waals surface area contributed by atoms with E-state index in [0.29, 0.717) is 10.7 Å². The highest BCUT2D eigenvalue weighted by atomic mass is 35.5. The van der Waals surface area contributed by atoms with Gasteiger partial charge in [-0.1, -0.05) is 31.5 Å². The molecule has 1 aromatic carbocycles. The summed E-state index contributed by atoms with van der Waals surface area (Å²) < 4.78 is 0. The third kappa shape index (κ3) is 2.45. The van der Waals surface area contributed by atoms with E-state index in [2.05, 4.69) is 5.32 Å². The first-order valence-electron chi connectivity index (χ1n) is 6.05. The van der Waals surface area contributed by atoms with Crippen LogP contribution < -0.4 is 5.32 Å². The summed E-state index contributed by atoms with van der Waals surface area (Å²) in [4.78, 5) is 23.2. The molecule has 1 amide bonds. The zero-order valence-corrected chi connectivity index (χ0v) is 11.8. The van der Waals surface area contributed by atoms with Gasteiger partial charge in [0.15, 0.2) is 0 Å². The number of carbonyl (C=O) groups excluding carboxylic acids is 1. The Balaban J connectivity index is 2.15. The van der Waals surface area contributed by atoms with Crippen LogP contribution in [0.2, 0.25) is 5.02 Å². The number of aryl methyl sites for hydroxylation is 1. The molecule has 0 aliphatic heterocycles. The molecular weight excluding hydrogens is 266 g/mol. The SMILES string of the molecule is Cc1ccc(Cl)cc1NC(=O)C1C(C(=O)O)C1(C)C. The Labute approximate surface area is 116 Å². The van der Waals surface area contributed by atoms with E-state index in [1.165, 1.54) is 0 Å². The average Bonchev–Trinajstić information content (AvgIpc) is 2.87. The molecule has 0 spiro atoms. The molecule has 1 aromatic rings. The first kappa shape index (κ1) is 13.9. The van der Waals surface area contributed by atoms with Crippen molar-refractivity contribution in [3.05, 3.63) is 28.8 Å². The van der Waals surface area contributed by atoms with Crippen molar-refractivity contribution in [2.24, 2.45) is 17.3 Å². The predicted octanol–water partition coefficient (Wildman–Crippen LogP) is 2.94. The van der Waals surface area contributed by atoms with Crippen molar-refractivity contribution in [3.63, 3.8) is 0 Å². The van der Waals surface area contributed by atoms with Gasteiger partial charge < -0.3 is 10.4 Å². The molecule has 0 radical (unpaired) electrons. The molecule has 1 aliphatic rings. The highest BCUT2D eigenvalue weighted by Gasteiger charge is 2.65. The van der Waals surface area contributed by atoms with E-state index in [1.54, 1.807) is 26.0 Å².